The van der Waals surface area contributed by atoms with E-state index in [-0.39, 0.29) is 18.1 Å². The summed E-state index contributed by atoms with van der Waals surface area (Å²) in [6.07, 6.45) is -3.62. The van der Waals surface area contributed by atoms with Gasteiger partial charge in [-0.25, -0.2) is 13.2 Å². The zero-order chi connectivity index (χ0) is 24.8. The molecular weight excluding hydrogens is 465 g/mol. The van der Waals surface area contributed by atoms with Gasteiger partial charge in [0.1, 0.15) is 16.7 Å². The van der Waals surface area contributed by atoms with Gasteiger partial charge in [-0.05, 0) is 37.4 Å². The number of alkyl halides is 3. The standard InChI is InChI=1S/C19H30N2O4S.C2HF3O2/c1-15(2)14-21-16-8-10-20(12-13-24-3)11-9-17(16)25-18-6-4-5-7-19(18)26(21,22)23;3-2(4,5)1(6)7/h4-7,15-17H,8-14H2,1-3H3;(H,6,7)/t16-,17-;/m0./s1. The van der Waals surface area contributed by atoms with Crippen LogP contribution in [0.15, 0.2) is 29.2 Å². The molecule has 3 rings (SSSR count). The second-order valence-corrected chi connectivity index (χ2v) is 10.2. The lowest BCUT2D eigenvalue weighted by Crippen LogP contribution is -2.48. The zero-order valence-electron chi connectivity index (χ0n) is 18.9. The van der Waals surface area contributed by atoms with Crippen LogP contribution < -0.4 is 4.74 Å². The topological polar surface area (TPSA) is 96.4 Å². The van der Waals surface area contributed by atoms with Crippen LogP contribution >= 0.6 is 0 Å². The Balaban J connectivity index is 0.000000479. The van der Waals surface area contributed by atoms with Gasteiger partial charge < -0.3 is 19.5 Å². The smallest absolute Gasteiger partial charge is 0.487 e. The number of nitrogens with zero attached hydrogens (tertiary/aromatic N) is 2. The number of likely N-dealkylation sites (tertiary alicyclic amines) is 1. The predicted molar refractivity (Wildman–Crippen MR) is 115 cm³/mol. The Hall–Kier alpha value is -1.89. The number of rotatable bonds is 5. The number of halogens is 3. The van der Waals surface area contributed by atoms with E-state index in [0.717, 1.165) is 32.5 Å². The van der Waals surface area contributed by atoms with Gasteiger partial charge in [-0.15, -0.1) is 0 Å². The molecule has 0 aromatic heterocycles. The molecule has 1 N–H and O–H groups in total. The van der Waals surface area contributed by atoms with Crippen molar-refractivity contribution in [1.29, 1.82) is 0 Å². The minimum atomic E-state index is -5.08. The third kappa shape index (κ3) is 7.29. The highest BCUT2D eigenvalue weighted by molar-refractivity contribution is 7.89. The first-order valence-electron chi connectivity index (χ1n) is 10.7. The lowest BCUT2D eigenvalue weighted by molar-refractivity contribution is -0.192. The first-order valence-corrected chi connectivity index (χ1v) is 12.1. The summed E-state index contributed by atoms with van der Waals surface area (Å²) in [5.41, 5.74) is 0. The van der Waals surface area contributed by atoms with Crippen LogP contribution in [0.4, 0.5) is 13.2 Å². The molecule has 0 unspecified atom stereocenters. The Bertz CT molecular complexity index is 894. The Morgan fingerprint density at radius 3 is 2.42 bits per heavy atom. The summed E-state index contributed by atoms with van der Waals surface area (Å²) in [7, 11) is -1.86. The van der Waals surface area contributed by atoms with Crippen LogP contribution in [-0.2, 0) is 19.6 Å². The van der Waals surface area contributed by atoms with E-state index in [9.17, 15) is 21.6 Å². The zero-order valence-corrected chi connectivity index (χ0v) is 19.7. The van der Waals surface area contributed by atoms with Gasteiger partial charge >= 0.3 is 12.1 Å². The van der Waals surface area contributed by atoms with Crippen LogP contribution in [0.5, 0.6) is 5.75 Å². The molecule has 2 atom stereocenters. The van der Waals surface area contributed by atoms with Gasteiger partial charge in [-0.1, -0.05) is 26.0 Å². The number of hydrogen-bond acceptors (Lipinski definition) is 6. The molecule has 0 aliphatic carbocycles. The number of benzene rings is 1. The molecule has 2 aliphatic rings. The number of ether oxygens (including phenoxy) is 2. The van der Waals surface area contributed by atoms with Gasteiger partial charge in [0.2, 0.25) is 10.0 Å². The monoisotopic (exact) mass is 496 g/mol. The van der Waals surface area contributed by atoms with E-state index in [1.54, 1.807) is 29.6 Å². The number of sulfonamides is 1. The number of carboxylic acid groups (broad SMARTS) is 1. The van der Waals surface area contributed by atoms with Gasteiger partial charge in [0, 0.05) is 26.7 Å². The molecule has 1 aromatic carbocycles. The Kier molecular flexibility index (Phi) is 9.53. The second-order valence-electron chi connectivity index (χ2n) is 8.35. The van der Waals surface area contributed by atoms with E-state index in [4.69, 9.17) is 19.4 Å². The third-order valence-electron chi connectivity index (χ3n) is 5.38. The highest BCUT2D eigenvalue weighted by Crippen LogP contribution is 2.36. The van der Waals surface area contributed by atoms with Crippen LogP contribution in [-0.4, -0.2) is 86.9 Å². The van der Waals surface area contributed by atoms with Crippen molar-refractivity contribution in [2.24, 2.45) is 5.92 Å². The van der Waals surface area contributed by atoms with Gasteiger partial charge in [0.15, 0.2) is 0 Å². The number of methoxy groups -OCH3 is 1. The van der Waals surface area contributed by atoms with Crippen LogP contribution in [0.25, 0.3) is 0 Å². The molecule has 0 saturated carbocycles. The van der Waals surface area contributed by atoms with E-state index < -0.39 is 22.2 Å². The molecule has 1 saturated heterocycles. The molecular formula is C21H31F3N2O6S. The molecule has 0 bridgehead atoms. The lowest BCUT2D eigenvalue weighted by atomic mass is 10.0. The maximum atomic E-state index is 13.4. The quantitative estimate of drug-likeness (QED) is 0.670. The fourth-order valence-corrected chi connectivity index (χ4v) is 5.81. The van der Waals surface area contributed by atoms with E-state index in [2.05, 4.69) is 18.7 Å². The number of para-hydroxylation sites is 1. The maximum Gasteiger partial charge on any atom is 0.490 e. The summed E-state index contributed by atoms with van der Waals surface area (Å²) >= 11 is 0. The van der Waals surface area contributed by atoms with E-state index in [0.29, 0.717) is 23.8 Å². The van der Waals surface area contributed by atoms with Crippen molar-refractivity contribution >= 4 is 16.0 Å². The van der Waals surface area contributed by atoms with Gasteiger partial charge in [-0.3, -0.25) is 0 Å². The molecule has 0 radical (unpaired) electrons. The summed E-state index contributed by atoms with van der Waals surface area (Å²) in [5.74, 6) is -2.02. The Morgan fingerprint density at radius 2 is 1.85 bits per heavy atom. The van der Waals surface area contributed by atoms with E-state index >= 15 is 0 Å². The van der Waals surface area contributed by atoms with E-state index in [1.807, 2.05) is 6.07 Å². The van der Waals surface area contributed by atoms with Crippen molar-refractivity contribution in [3.8, 4) is 5.75 Å². The predicted octanol–water partition coefficient (Wildman–Crippen LogP) is 2.84. The minimum absolute atomic E-state index is 0.125. The Labute approximate surface area is 192 Å². The van der Waals surface area contributed by atoms with Crippen LogP contribution in [0.1, 0.15) is 26.7 Å². The number of carboxylic acids is 1. The largest absolute Gasteiger partial charge is 0.490 e. The molecule has 2 aliphatic heterocycles. The molecule has 0 spiro atoms. The van der Waals surface area contributed by atoms with Crippen molar-refractivity contribution < 1.29 is 41.0 Å². The lowest BCUT2D eigenvalue weighted by Gasteiger charge is -2.32. The van der Waals surface area contributed by atoms with Crippen molar-refractivity contribution in [3.05, 3.63) is 24.3 Å². The molecule has 12 heteroatoms. The fraction of sp³-hybridized carbons (Fsp3) is 0.667. The number of hydrogen-bond donors (Lipinski definition) is 1. The van der Waals surface area contributed by atoms with Crippen LogP contribution in [0.2, 0.25) is 0 Å². The summed E-state index contributed by atoms with van der Waals surface area (Å²) < 4.78 is 71.7. The molecule has 1 fully saturated rings. The highest BCUT2D eigenvalue weighted by atomic mass is 32.2. The SMILES string of the molecule is COCCN1CC[C@@H]2Oc3ccccc3S(=O)(=O)N(CC(C)C)[C@H]2CC1.O=C(O)C(F)(F)F. The van der Waals surface area contributed by atoms with E-state index in [1.165, 1.54) is 0 Å². The first-order chi connectivity index (χ1) is 15.4. The fourth-order valence-electron chi connectivity index (χ4n) is 3.85. The summed E-state index contributed by atoms with van der Waals surface area (Å²) in [6, 6.07) is 6.90. The van der Waals surface area contributed by atoms with Gasteiger partial charge in [0.25, 0.3) is 0 Å². The number of carbonyl (C=O) groups is 1. The van der Waals surface area contributed by atoms with Crippen LogP contribution in [0, 0.1) is 5.92 Å². The normalized spacial score (nSPS) is 23.2. The average molecular weight is 497 g/mol. The average Bonchev–Trinajstić information content (AvgIpc) is 2.96. The molecule has 2 heterocycles. The third-order valence-corrected chi connectivity index (χ3v) is 7.31. The van der Waals surface area contributed by atoms with Crippen molar-refractivity contribution in [3.63, 3.8) is 0 Å². The molecule has 188 valence electrons. The number of fused-ring (bicyclic) bond motifs is 2. The minimum Gasteiger partial charge on any atom is -0.487 e. The van der Waals surface area contributed by atoms with Crippen molar-refractivity contribution in [2.75, 3.05) is 39.9 Å². The summed E-state index contributed by atoms with van der Waals surface area (Å²) in [4.78, 5) is 11.5. The number of aliphatic carboxylic acids is 1. The molecule has 8 nitrogen and oxygen atoms in total. The molecule has 33 heavy (non-hydrogen) atoms. The van der Waals surface area contributed by atoms with Crippen molar-refractivity contribution in [1.82, 2.24) is 9.21 Å². The highest BCUT2D eigenvalue weighted by Gasteiger charge is 2.43. The van der Waals surface area contributed by atoms with Crippen LogP contribution in [0.3, 0.4) is 0 Å². The first kappa shape index (κ1) is 27.4. The molecule has 1 aromatic rings. The van der Waals surface area contributed by atoms with Gasteiger partial charge in [0.05, 0.1) is 12.6 Å². The Morgan fingerprint density at radius 1 is 1.24 bits per heavy atom. The maximum absolute atomic E-state index is 13.4. The summed E-state index contributed by atoms with van der Waals surface area (Å²) in [5, 5.41) is 7.12. The van der Waals surface area contributed by atoms with Crippen molar-refractivity contribution in [2.45, 2.75) is 49.9 Å². The van der Waals surface area contributed by atoms with Gasteiger partial charge in [-0.2, -0.15) is 17.5 Å². The second kappa shape index (κ2) is 11.5. The summed E-state index contributed by atoms with van der Waals surface area (Å²) in [6.45, 7) is 7.93. The molecule has 0 amide bonds.